The number of pyridine rings is 1. The number of carbonyl (C=O) groups is 1. The number of aryl methyl sites for hydroxylation is 3. The average molecular weight is 301 g/mol. The first-order valence-corrected chi connectivity index (χ1v) is 7.39. The summed E-state index contributed by atoms with van der Waals surface area (Å²) in [7, 11) is 0. The molecule has 0 unspecified atom stereocenters. The minimum absolute atomic E-state index is 0.0907. The van der Waals surface area contributed by atoms with E-state index in [0.717, 1.165) is 11.5 Å². The number of thioether (sulfide) groups is 1. The second kappa shape index (κ2) is 6.10. The van der Waals surface area contributed by atoms with Gasteiger partial charge in [-0.3, -0.25) is 4.79 Å². The molecule has 0 saturated carbocycles. The molecule has 0 atom stereocenters. The molecular weight excluding hydrogens is 286 g/mol. The van der Waals surface area contributed by atoms with Crippen molar-refractivity contribution < 1.29 is 9.21 Å². The Morgan fingerprint density at radius 2 is 2.05 bits per heavy atom. The van der Waals surface area contributed by atoms with Gasteiger partial charge in [0.25, 0.3) is 0 Å². The third-order valence-electron chi connectivity index (χ3n) is 3.08. The number of hydrogen-bond donors (Lipinski definition) is 0. The van der Waals surface area contributed by atoms with Gasteiger partial charge in [0.2, 0.25) is 5.89 Å². The summed E-state index contributed by atoms with van der Waals surface area (Å²) in [5.74, 6) is 1.80. The second-order valence-electron chi connectivity index (χ2n) is 4.68. The quantitative estimate of drug-likeness (QED) is 0.636. The number of aromatic nitrogens is 2. The summed E-state index contributed by atoms with van der Waals surface area (Å²) in [6.45, 7) is 6.98. The molecule has 0 aliphatic carbocycles. The van der Waals surface area contributed by atoms with Crippen LogP contribution in [0.5, 0.6) is 0 Å². The second-order valence-corrected chi connectivity index (χ2v) is 5.64. The Hall–Kier alpha value is -2.13. The largest absolute Gasteiger partial charge is 0.445 e. The lowest BCUT2D eigenvalue weighted by molar-refractivity contribution is 0.101. The number of Topliss-reactive ketones (excluding diaryl/α,β-unsaturated/α-hetero) is 1. The van der Waals surface area contributed by atoms with Gasteiger partial charge < -0.3 is 4.42 Å². The van der Waals surface area contributed by atoms with Crippen LogP contribution in [0.1, 0.15) is 45.9 Å². The lowest BCUT2D eigenvalue weighted by Gasteiger charge is -2.06. The zero-order valence-corrected chi connectivity index (χ0v) is 13.2. The number of nitriles is 1. The van der Waals surface area contributed by atoms with Crippen LogP contribution in [-0.2, 0) is 5.75 Å². The van der Waals surface area contributed by atoms with E-state index in [2.05, 4.69) is 16.0 Å². The van der Waals surface area contributed by atoms with Gasteiger partial charge in [0.15, 0.2) is 5.78 Å². The summed E-state index contributed by atoms with van der Waals surface area (Å²) in [5.41, 5.74) is 2.38. The highest BCUT2D eigenvalue weighted by Gasteiger charge is 2.14. The molecule has 108 valence electrons. The maximum Gasteiger partial charge on any atom is 0.205 e. The Balaban J connectivity index is 2.26. The molecule has 2 aromatic rings. The van der Waals surface area contributed by atoms with Gasteiger partial charge in [-0.05, 0) is 33.8 Å². The minimum Gasteiger partial charge on any atom is -0.445 e. The monoisotopic (exact) mass is 301 g/mol. The van der Waals surface area contributed by atoms with Crippen molar-refractivity contribution in [1.82, 2.24) is 9.97 Å². The molecule has 0 fully saturated rings. The van der Waals surface area contributed by atoms with Crippen molar-refractivity contribution in [3.63, 3.8) is 0 Å². The zero-order valence-electron chi connectivity index (χ0n) is 12.4. The van der Waals surface area contributed by atoms with Gasteiger partial charge >= 0.3 is 0 Å². The predicted octanol–water partition coefficient (Wildman–Crippen LogP) is 3.36. The first-order valence-electron chi connectivity index (χ1n) is 6.40. The third kappa shape index (κ3) is 3.31. The van der Waals surface area contributed by atoms with Crippen molar-refractivity contribution >= 4 is 17.5 Å². The summed E-state index contributed by atoms with van der Waals surface area (Å²) in [4.78, 5) is 20.1. The molecule has 0 aliphatic heterocycles. The van der Waals surface area contributed by atoms with E-state index in [1.165, 1.54) is 18.7 Å². The van der Waals surface area contributed by atoms with Crippen molar-refractivity contribution in [2.75, 3.05) is 0 Å². The summed E-state index contributed by atoms with van der Waals surface area (Å²) < 4.78 is 5.50. The Labute approximate surface area is 127 Å². The van der Waals surface area contributed by atoms with E-state index in [1.807, 2.05) is 13.8 Å². The Bertz CT molecular complexity index is 725. The van der Waals surface area contributed by atoms with Crippen molar-refractivity contribution in [1.29, 1.82) is 5.26 Å². The van der Waals surface area contributed by atoms with E-state index in [0.29, 0.717) is 33.5 Å². The standard InChI is InChI=1S/C15H15N3O2S/c1-8-11(4)20-14(17-8)7-21-15-12(6-16)5-13(10(3)19)9(2)18-15/h5H,7H2,1-4H3. The minimum atomic E-state index is -0.0907. The molecule has 0 bridgehead atoms. The molecule has 2 heterocycles. The van der Waals surface area contributed by atoms with Crippen LogP contribution in [0.15, 0.2) is 15.5 Å². The van der Waals surface area contributed by atoms with E-state index < -0.39 is 0 Å². The summed E-state index contributed by atoms with van der Waals surface area (Å²) in [6.07, 6.45) is 0. The van der Waals surface area contributed by atoms with E-state index in [9.17, 15) is 10.1 Å². The fraction of sp³-hybridized carbons (Fsp3) is 0.333. The average Bonchev–Trinajstić information content (AvgIpc) is 2.75. The SMILES string of the molecule is CC(=O)c1cc(C#N)c(SCc2nc(C)c(C)o2)nc1C. The molecule has 6 heteroatoms. The summed E-state index contributed by atoms with van der Waals surface area (Å²) in [6, 6.07) is 3.68. The Kier molecular flexibility index (Phi) is 4.43. The molecular formula is C15H15N3O2S. The van der Waals surface area contributed by atoms with Crippen LogP contribution in [0.2, 0.25) is 0 Å². The first-order chi connectivity index (χ1) is 9.92. The van der Waals surface area contributed by atoms with Gasteiger partial charge in [0.05, 0.1) is 17.0 Å². The third-order valence-corrected chi connectivity index (χ3v) is 4.06. The summed E-state index contributed by atoms with van der Waals surface area (Å²) in [5, 5.41) is 9.80. The van der Waals surface area contributed by atoms with Crippen LogP contribution in [-0.4, -0.2) is 15.8 Å². The van der Waals surface area contributed by atoms with Gasteiger partial charge in [-0.25, -0.2) is 9.97 Å². The fourth-order valence-electron chi connectivity index (χ4n) is 1.86. The number of hydrogen-bond acceptors (Lipinski definition) is 6. The molecule has 0 saturated heterocycles. The molecule has 0 aromatic carbocycles. The van der Waals surface area contributed by atoms with E-state index in [-0.39, 0.29) is 5.78 Å². The number of rotatable bonds is 4. The lowest BCUT2D eigenvalue weighted by atomic mass is 10.1. The highest BCUT2D eigenvalue weighted by Crippen LogP contribution is 2.26. The van der Waals surface area contributed by atoms with Crippen molar-refractivity contribution in [3.8, 4) is 6.07 Å². The lowest BCUT2D eigenvalue weighted by Crippen LogP contribution is -2.02. The van der Waals surface area contributed by atoms with E-state index in [1.54, 1.807) is 13.0 Å². The predicted molar refractivity (Wildman–Crippen MR) is 79.2 cm³/mol. The molecule has 2 rings (SSSR count). The highest BCUT2D eigenvalue weighted by atomic mass is 32.2. The van der Waals surface area contributed by atoms with E-state index >= 15 is 0 Å². The van der Waals surface area contributed by atoms with Crippen LogP contribution in [0.25, 0.3) is 0 Å². The molecule has 21 heavy (non-hydrogen) atoms. The molecule has 0 spiro atoms. The number of ketones is 1. The van der Waals surface area contributed by atoms with Crippen LogP contribution >= 0.6 is 11.8 Å². The van der Waals surface area contributed by atoms with Gasteiger partial charge in [0, 0.05) is 11.3 Å². The molecule has 2 aromatic heterocycles. The van der Waals surface area contributed by atoms with Crippen LogP contribution in [0.3, 0.4) is 0 Å². The van der Waals surface area contributed by atoms with Gasteiger partial charge in [0.1, 0.15) is 16.9 Å². The van der Waals surface area contributed by atoms with Crippen LogP contribution < -0.4 is 0 Å². The number of oxazole rings is 1. The Morgan fingerprint density at radius 3 is 2.57 bits per heavy atom. The normalized spacial score (nSPS) is 10.4. The van der Waals surface area contributed by atoms with Gasteiger partial charge in [-0.1, -0.05) is 11.8 Å². The van der Waals surface area contributed by atoms with Gasteiger partial charge in [-0.2, -0.15) is 5.26 Å². The van der Waals surface area contributed by atoms with Gasteiger partial charge in [-0.15, -0.1) is 0 Å². The highest BCUT2D eigenvalue weighted by molar-refractivity contribution is 7.98. The molecule has 0 radical (unpaired) electrons. The summed E-state index contributed by atoms with van der Waals surface area (Å²) >= 11 is 1.38. The molecule has 0 amide bonds. The molecule has 5 nitrogen and oxygen atoms in total. The molecule has 0 aliphatic rings. The smallest absolute Gasteiger partial charge is 0.205 e. The van der Waals surface area contributed by atoms with E-state index in [4.69, 9.17) is 4.42 Å². The zero-order chi connectivity index (χ0) is 15.6. The number of nitrogens with zero attached hydrogens (tertiary/aromatic N) is 3. The fourth-order valence-corrected chi connectivity index (χ4v) is 2.71. The number of carbonyl (C=O) groups excluding carboxylic acids is 1. The molecule has 0 N–H and O–H groups in total. The first kappa shape index (κ1) is 15.3. The van der Waals surface area contributed by atoms with Crippen molar-refractivity contribution in [2.45, 2.75) is 38.5 Å². The van der Waals surface area contributed by atoms with Crippen LogP contribution in [0, 0.1) is 32.1 Å². The van der Waals surface area contributed by atoms with Crippen LogP contribution in [0.4, 0.5) is 0 Å². The van der Waals surface area contributed by atoms with Crippen molar-refractivity contribution in [3.05, 3.63) is 40.2 Å². The maximum atomic E-state index is 11.5. The Morgan fingerprint density at radius 1 is 1.33 bits per heavy atom. The van der Waals surface area contributed by atoms with Crippen molar-refractivity contribution in [2.24, 2.45) is 0 Å². The topological polar surface area (TPSA) is 79.8 Å². The maximum absolute atomic E-state index is 11.5.